The molecule has 1 aliphatic heterocycles. The Morgan fingerprint density at radius 1 is 1.09 bits per heavy atom. The van der Waals surface area contributed by atoms with Gasteiger partial charge in [-0.1, -0.05) is 6.58 Å². The molecule has 4 nitrogen and oxygen atoms in total. The summed E-state index contributed by atoms with van der Waals surface area (Å²) < 4.78 is 12.3. The monoisotopic (exact) mass is 315 g/mol. The third kappa shape index (κ3) is 3.36. The number of nitrogens with one attached hydrogen (secondary N) is 1. The molecule has 23 heavy (non-hydrogen) atoms. The van der Waals surface area contributed by atoms with Crippen molar-refractivity contribution in [1.82, 2.24) is 0 Å². The predicted octanol–water partition coefficient (Wildman–Crippen LogP) is 3.12. The molecule has 0 radical (unpaired) electrons. The van der Waals surface area contributed by atoms with Gasteiger partial charge in [0.05, 0.1) is 11.2 Å². The Bertz CT molecular complexity index is 625. The fourth-order valence-corrected chi connectivity index (χ4v) is 2.62. The Labute approximate surface area is 139 Å². The molecule has 0 bridgehead atoms. The lowest BCUT2D eigenvalue weighted by atomic mass is 9.73. The third-order valence-electron chi connectivity index (χ3n) is 4.73. The van der Waals surface area contributed by atoms with Gasteiger partial charge in [0.2, 0.25) is 0 Å². The minimum absolute atomic E-state index is 0.174. The zero-order valence-electron chi connectivity index (χ0n) is 15.2. The van der Waals surface area contributed by atoms with Crippen LogP contribution in [-0.2, 0) is 14.1 Å². The zero-order valence-corrected chi connectivity index (χ0v) is 15.2. The Kier molecular flexibility index (Phi) is 4.48. The minimum Gasteiger partial charge on any atom is -0.399 e. The number of carbonyl (C=O) groups is 1. The lowest BCUT2D eigenvalue weighted by molar-refractivity contribution is -0.112. The molecule has 0 saturated carbocycles. The fraction of sp³-hybridized carbons (Fsp3) is 0.500. The molecule has 1 fully saturated rings. The van der Waals surface area contributed by atoms with E-state index >= 15 is 0 Å². The highest BCUT2D eigenvalue weighted by atomic mass is 16.7. The van der Waals surface area contributed by atoms with Crippen molar-refractivity contribution in [3.05, 3.63) is 35.4 Å². The van der Waals surface area contributed by atoms with Crippen molar-refractivity contribution in [2.45, 2.75) is 59.7 Å². The summed E-state index contributed by atoms with van der Waals surface area (Å²) in [6.07, 6.45) is 0. The lowest BCUT2D eigenvalue weighted by Crippen LogP contribution is -2.41. The van der Waals surface area contributed by atoms with E-state index in [0.717, 1.165) is 22.3 Å². The van der Waals surface area contributed by atoms with E-state index in [4.69, 9.17) is 9.31 Å². The van der Waals surface area contributed by atoms with Crippen molar-refractivity contribution < 1.29 is 14.1 Å². The average molecular weight is 315 g/mol. The molecule has 0 atom stereocenters. The number of carbonyl (C=O) groups excluding carboxylic acids is 1. The topological polar surface area (TPSA) is 47.6 Å². The second-order valence-electron chi connectivity index (χ2n) is 7.35. The van der Waals surface area contributed by atoms with Crippen molar-refractivity contribution in [2.75, 3.05) is 5.32 Å². The van der Waals surface area contributed by atoms with Gasteiger partial charge in [0, 0.05) is 11.3 Å². The summed E-state index contributed by atoms with van der Waals surface area (Å²) in [6, 6.07) is 3.88. The number of benzene rings is 1. The molecule has 124 valence electrons. The van der Waals surface area contributed by atoms with E-state index in [1.54, 1.807) is 6.92 Å². The van der Waals surface area contributed by atoms with Gasteiger partial charge in [0.1, 0.15) is 0 Å². The van der Waals surface area contributed by atoms with Gasteiger partial charge in [0.25, 0.3) is 5.91 Å². The molecule has 0 unspecified atom stereocenters. The average Bonchev–Trinajstić information content (AvgIpc) is 2.56. The summed E-state index contributed by atoms with van der Waals surface area (Å²) in [7, 11) is -0.397. The van der Waals surface area contributed by atoms with Gasteiger partial charge < -0.3 is 14.6 Å². The number of anilines is 1. The first-order valence-corrected chi connectivity index (χ1v) is 7.88. The summed E-state index contributed by atoms with van der Waals surface area (Å²) in [4.78, 5) is 11.8. The molecule has 1 heterocycles. The summed E-state index contributed by atoms with van der Waals surface area (Å²) >= 11 is 0. The molecule has 0 aromatic heterocycles. The molecule has 0 aliphatic carbocycles. The first-order chi connectivity index (χ1) is 10.4. The molecule has 5 heteroatoms. The molecule has 1 aliphatic rings. The largest absolute Gasteiger partial charge is 0.495 e. The van der Waals surface area contributed by atoms with Crippen LogP contribution in [0.3, 0.4) is 0 Å². The number of aryl methyl sites for hydroxylation is 2. The third-order valence-corrected chi connectivity index (χ3v) is 4.73. The zero-order chi connectivity index (χ0) is 17.6. The van der Waals surface area contributed by atoms with Crippen molar-refractivity contribution in [3.63, 3.8) is 0 Å². The Morgan fingerprint density at radius 3 is 1.91 bits per heavy atom. The van der Waals surface area contributed by atoms with Crippen molar-refractivity contribution in [3.8, 4) is 0 Å². The summed E-state index contributed by atoms with van der Waals surface area (Å²) in [5.41, 5.74) is 3.58. The Morgan fingerprint density at radius 2 is 1.52 bits per heavy atom. The normalized spacial score (nSPS) is 18.8. The molecular weight excluding hydrogens is 289 g/mol. The van der Waals surface area contributed by atoms with Crippen LogP contribution in [-0.4, -0.2) is 24.2 Å². The van der Waals surface area contributed by atoms with Crippen LogP contribution in [0.5, 0.6) is 0 Å². The van der Waals surface area contributed by atoms with E-state index in [2.05, 4.69) is 11.9 Å². The fourth-order valence-electron chi connectivity index (χ4n) is 2.62. The van der Waals surface area contributed by atoms with Gasteiger partial charge in [-0.3, -0.25) is 4.79 Å². The highest BCUT2D eigenvalue weighted by molar-refractivity contribution is 6.63. The van der Waals surface area contributed by atoms with Crippen LogP contribution in [0.4, 0.5) is 5.69 Å². The molecule has 1 saturated heterocycles. The van der Waals surface area contributed by atoms with E-state index in [1.807, 2.05) is 53.7 Å². The number of amides is 1. The van der Waals surface area contributed by atoms with E-state index in [1.165, 1.54) is 0 Å². The van der Waals surface area contributed by atoms with Crippen LogP contribution in [0, 0.1) is 13.8 Å². The highest BCUT2D eigenvalue weighted by Crippen LogP contribution is 2.37. The van der Waals surface area contributed by atoms with E-state index in [0.29, 0.717) is 5.57 Å². The van der Waals surface area contributed by atoms with Crippen molar-refractivity contribution in [1.29, 1.82) is 0 Å². The van der Waals surface area contributed by atoms with Gasteiger partial charge in [-0.25, -0.2) is 0 Å². The van der Waals surface area contributed by atoms with Crippen molar-refractivity contribution >= 4 is 24.2 Å². The smallest absolute Gasteiger partial charge is 0.399 e. The van der Waals surface area contributed by atoms with Crippen LogP contribution < -0.4 is 10.8 Å². The first-order valence-electron chi connectivity index (χ1n) is 7.88. The van der Waals surface area contributed by atoms with Crippen LogP contribution in [0.15, 0.2) is 24.3 Å². The maximum Gasteiger partial charge on any atom is 0.495 e. The standard InChI is InChI=1S/C18H26BNO3/c1-11(2)16(21)20-14-9-12(3)15(13(4)10-14)19-22-17(5,6)18(7,8)23-19/h9-10H,1H2,2-8H3,(H,20,21). The minimum atomic E-state index is -0.397. The molecule has 0 spiro atoms. The number of hydrogen-bond donors (Lipinski definition) is 1. The first kappa shape index (κ1) is 17.8. The van der Waals surface area contributed by atoms with E-state index in [-0.39, 0.29) is 17.1 Å². The van der Waals surface area contributed by atoms with Crippen LogP contribution >= 0.6 is 0 Å². The number of rotatable bonds is 3. The SMILES string of the molecule is C=C(C)C(=O)Nc1cc(C)c(B2OC(C)(C)C(C)(C)O2)c(C)c1. The second kappa shape index (κ2) is 5.80. The maximum absolute atomic E-state index is 11.8. The van der Waals surface area contributed by atoms with Crippen LogP contribution in [0.2, 0.25) is 0 Å². The molecular formula is C18H26BNO3. The Balaban J connectivity index is 2.32. The van der Waals surface area contributed by atoms with Gasteiger partial charge in [-0.15, -0.1) is 0 Å². The highest BCUT2D eigenvalue weighted by Gasteiger charge is 2.52. The quantitative estimate of drug-likeness (QED) is 0.689. The lowest BCUT2D eigenvalue weighted by Gasteiger charge is -2.32. The molecule has 1 N–H and O–H groups in total. The Hall–Kier alpha value is -1.59. The van der Waals surface area contributed by atoms with Crippen LogP contribution in [0.1, 0.15) is 45.7 Å². The summed E-state index contributed by atoms with van der Waals surface area (Å²) in [5, 5.41) is 2.85. The van der Waals surface area contributed by atoms with Gasteiger partial charge in [-0.2, -0.15) is 0 Å². The van der Waals surface area contributed by atoms with E-state index in [9.17, 15) is 4.79 Å². The summed E-state index contributed by atoms with van der Waals surface area (Å²) in [6.45, 7) is 17.5. The predicted molar refractivity (Wildman–Crippen MR) is 95.1 cm³/mol. The van der Waals surface area contributed by atoms with Gasteiger partial charge in [-0.05, 0) is 77.2 Å². The number of hydrogen-bond acceptors (Lipinski definition) is 3. The maximum atomic E-state index is 11.8. The molecule has 1 amide bonds. The van der Waals surface area contributed by atoms with Crippen LogP contribution in [0.25, 0.3) is 0 Å². The summed E-state index contributed by atoms with van der Waals surface area (Å²) in [5.74, 6) is -0.174. The molecule has 1 aromatic carbocycles. The van der Waals surface area contributed by atoms with E-state index < -0.39 is 7.12 Å². The second-order valence-corrected chi connectivity index (χ2v) is 7.35. The van der Waals surface area contributed by atoms with Gasteiger partial charge >= 0.3 is 7.12 Å². The molecule has 1 aromatic rings. The molecule has 2 rings (SSSR count). The van der Waals surface area contributed by atoms with Crippen molar-refractivity contribution in [2.24, 2.45) is 0 Å². The van der Waals surface area contributed by atoms with Gasteiger partial charge in [0.15, 0.2) is 0 Å².